The molecule has 0 saturated heterocycles. The van der Waals surface area contributed by atoms with Crippen LogP contribution in [0, 0.1) is 0 Å². The van der Waals surface area contributed by atoms with Gasteiger partial charge in [-0.3, -0.25) is 4.98 Å². The molecule has 0 fully saturated rings. The monoisotopic (exact) mass is 359 g/mol. The highest BCUT2D eigenvalue weighted by Gasteiger charge is 2.03. The van der Waals surface area contributed by atoms with Crippen molar-refractivity contribution in [2.75, 3.05) is 6.61 Å². The maximum Gasteiger partial charge on any atom is 0.119 e. The van der Waals surface area contributed by atoms with Gasteiger partial charge in [0.05, 0.1) is 12.3 Å². The Morgan fingerprint density at radius 1 is 0.704 bits per heavy atom. The van der Waals surface area contributed by atoms with Gasteiger partial charge in [-0.15, -0.1) is 0 Å². The molecule has 3 rings (SSSR count). The van der Waals surface area contributed by atoms with Crippen molar-refractivity contribution >= 4 is 0 Å². The first kappa shape index (κ1) is 19.2. The molecule has 0 aliphatic heterocycles. The number of hydrogen-bond donors (Lipinski definition) is 0. The number of benzene rings is 2. The normalized spacial score (nSPS) is 10.7. The van der Waals surface area contributed by atoms with E-state index >= 15 is 0 Å². The van der Waals surface area contributed by atoms with Crippen LogP contribution in [0.5, 0.6) is 5.75 Å². The van der Waals surface area contributed by atoms with Crippen molar-refractivity contribution in [3.8, 4) is 28.1 Å². The number of unbranched alkanes of at least 4 members (excludes halogenated alkanes) is 2. The van der Waals surface area contributed by atoms with Crippen molar-refractivity contribution in [3.63, 3.8) is 0 Å². The average molecular weight is 360 g/mol. The molecule has 3 aromatic rings. The Bertz CT molecular complexity index is 804. The van der Waals surface area contributed by atoms with E-state index in [9.17, 15) is 0 Å². The van der Waals surface area contributed by atoms with Crippen molar-refractivity contribution in [2.45, 2.75) is 46.0 Å². The van der Waals surface area contributed by atoms with Crippen LogP contribution in [-0.4, -0.2) is 11.6 Å². The van der Waals surface area contributed by atoms with Crippen LogP contribution in [0.15, 0.2) is 66.9 Å². The minimum absolute atomic E-state index is 0.798. The molecular formula is C25H29NO. The predicted molar refractivity (Wildman–Crippen MR) is 114 cm³/mol. The predicted octanol–water partition coefficient (Wildman–Crippen LogP) is 6.94. The first-order valence-electron chi connectivity index (χ1n) is 10.1. The van der Waals surface area contributed by atoms with Crippen LogP contribution in [0.2, 0.25) is 0 Å². The molecule has 2 heteroatoms. The minimum Gasteiger partial charge on any atom is -0.494 e. The standard InChI is InChI=1S/C25H29NO/c1-3-5-6-18-27-24-15-13-22(14-16-24)21-9-11-23(12-10-21)25-17-8-20(7-4-2)19-26-25/h8-17,19H,3-7,18H2,1-2H3. The van der Waals surface area contributed by atoms with Gasteiger partial charge in [0.1, 0.15) is 5.75 Å². The first-order valence-corrected chi connectivity index (χ1v) is 10.1. The van der Waals surface area contributed by atoms with E-state index in [0.29, 0.717) is 0 Å². The summed E-state index contributed by atoms with van der Waals surface area (Å²) in [5.74, 6) is 0.947. The number of rotatable bonds is 9. The highest BCUT2D eigenvalue weighted by molar-refractivity contribution is 5.69. The lowest BCUT2D eigenvalue weighted by Crippen LogP contribution is -1.96. The van der Waals surface area contributed by atoms with E-state index in [1.807, 2.05) is 6.20 Å². The molecule has 0 saturated carbocycles. The fourth-order valence-electron chi connectivity index (χ4n) is 3.15. The second-order valence-corrected chi connectivity index (χ2v) is 6.96. The largest absolute Gasteiger partial charge is 0.494 e. The molecule has 1 aromatic heterocycles. The Morgan fingerprint density at radius 3 is 1.96 bits per heavy atom. The fraction of sp³-hybridized carbons (Fsp3) is 0.320. The highest BCUT2D eigenvalue weighted by atomic mass is 16.5. The van der Waals surface area contributed by atoms with Gasteiger partial charge in [0.25, 0.3) is 0 Å². The Kier molecular flexibility index (Phi) is 7.04. The molecule has 27 heavy (non-hydrogen) atoms. The molecule has 1 heterocycles. The van der Waals surface area contributed by atoms with Gasteiger partial charge in [0.2, 0.25) is 0 Å². The number of pyridine rings is 1. The highest BCUT2D eigenvalue weighted by Crippen LogP contribution is 2.26. The Balaban J connectivity index is 1.64. The quantitative estimate of drug-likeness (QED) is 0.386. The smallest absolute Gasteiger partial charge is 0.119 e. The lowest BCUT2D eigenvalue weighted by Gasteiger charge is -2.08. The van der Waals surface area contributed by atoms with E-state index in [0.717, 1.165) is 42.9 Å². The summed E-state index contributed by atoms with van der Waals surface area (Å²) in [4.78, 5) is 4.61. The zero-order chi connectivity index (χ0) is 18.9. The first-order chi connectivity index (χ1) is 13.3. The SMILES string of the molecule is CCCCCOc1ccc(-c2ccc(-c3ccc(CCC)cn3)cc2)cc1. The summed E-state index contributed by atoms with van der Waals surface area (Å²) in [6, 6.07) is 21.3. The van der Waals surface area contributed by atoms with Crippen molar-refractivity contribution in [1.82, 2.24) is 4.98 Å². The lowest BCUT2D eigenvalue weighted by atomic mass is 10.0. The number of aryl methyl sites for hydroxylation is 1. The van der Waals surface area contributed by atoms with Crippen LogP contribution >= 0.6 is 0 Å². The van der Waals surface area contributed by atoms with Crippen molar-refractivity contribution < 1.29 is 4.74 Å². The van der Waals surface area contributed by atoms with Gasteiger partial charge in [-0.1, -0.05) is 75.6 Å². The van der Waals surface area contributed by atoms with Crippen molar-refractivity contribution in [3.05, 3.63) is 72.4 Å². The van der Waals surface area contributed by atoms with E-state index in [-0.39, 0.29) is 0 Å². The molecule has 0 radical (unpaired) electrons. The van der Waals surface area contributed by atoms with Crippen LogP contribution < -0.4 is 4.74 Å². The van der Waals surface area contributed by atoms with Gasteiger partial charge in [0.15, 0.2) is 0 Å². The summed E-state index contributed by atoms with van der Waals surface area (Å²) >= 11 is 0. The van der Waals surface area contributed by atoms with E-state index in [4.69, 9.17) is 4.74 Å². The van der Waals surface area contributed by atoms with E-state index in [1.165, 1.54) is 29.5 Å². The summed E-state index contributed by atoms with van der Waals surface area (Å²) in [5, 5.41) is 0. The minimum atomic E-state index is 0.798. The van der Waals surface area contributed by atoms with Gasteiger partial charge < -0.3 is 4.74 Å². The Morgan fingerprint density at radius 2 is 1.37 bits per heavy atom. The third-order valence-electron chi connectivity index (χ3n) is 4.75. The molecule has 0 unspecified atom stereocenters. The maximum atomic E-state index is 5.79. The van der Waals surface area contributed by atoms with Crippen LogP contribution in [0.3, 0.4) is 0 Å². The van der Waals surface area contributed by atoms with E-state index in [1.54, 1.807) is 0 Å². The number of nitrogens with zero attached hydrogens (tertiary/aromatic N) is 1. The van der Waals surface area contributed by atoms with E-state index in [2.05, 4.69) is 79.5 Å². The fourth-order valence-corrected chi connectivity index (χ4v) is 3.15. The van der Waals surface area contributed by atoms with Crippen LogP contribution in [0.1, 0.15) is 45.1 Å². The second kappa shape index (κ2) is 9.91. The summed E-state index contributed by atoms with van der Waals surface area (Å²) in [7, 11) is 0. The Hall–Kier alpha value is -2.61. The summed E-state index contributed by atoms with van der Waals surface area (Å²) in [5.41, 5.74) is 5.89. The van der Waals surface area contributed by atoms with E-state index < -0.39 is 0 Å². The van der Waals surface area contributed by atoms with Crippen LogP contribution in [0.25, 0.3) is 22.4 Å². The lowest BCUT2D eigenvalue weighted by molar-refractivity contribution is 0.306. The average Bonchev–Trinajstić information content (AvgIpc) is 2.73. The van der Waals surface area contributed by atoms with Crippen molar-refractivity contribution in [1.29, 1.82) is 0 Å². The molecule has 0 aliphatic carbocycles. The second-order valence-electron chi connectivity index (χ2n) is 6.96. The summed E-state index contributed by atoms with van der Waals surface area (Å²) in [6.07, 6.45) is 7.79. The van der Waals surface area contributed by atoms with Gasteiger partial charge in [-0.2, -0.15) is 0 Å². The van der Waals surface area contributed by atoms with Gasteiger partial charge in [-0.25, -0.2) is 0 Å². The zero-order valence-electron chi connectivity index (χ0n) is 16.4. The molecule has 0 N–H and O–H groups in total. The van der Waals surface area contributed by atoms with Gasteiger partial charge >= 0.3 is 0 Å². The molecule has 0 bridgehead atoms. The van der Waals surface area contributed by atoms with Gasteiger partial charge in [-0.05, 0) is 47.7 Å². The number of ether oxygens (including phenoxy) is 1. The molecule has 2 nitrogen and oxygen atoms in total. The summed E-state index contributed by atoms with van der Waals surface area (Å²) < 4.78 is 5.79. The molecule has 0 atom stereocenters. The Labute approximate surface area is 163 Å². The molecular weight excluding hydrogens is 330 g/mol. The van der Waals surface area contributed by atoms with Gasteiger partial charge in [0, 0.05) is 11.8 Å². The molecule has 0 aliphatic rings. The maximum absolute atomic E-state index is 5.79. The van der Waals surface area contributed by atoms with Crippen LogP contribution in [0.4, 0.5) is 0 Å². The molecule has 0 spiro atoms. The van der Waals surface area contributed by atoms with Crippen molar-refractivity contribution in [2.24, 2.45) is 0 Å². The zero-order valence-corrected chi connectivity index (χ0v) is 16.4. The topological polar surface area (TPSA) is 22.1 Å². The number of aromatic nitrogens is 1. The molecule has 0 amide bonds. The third-order valence-corrected chi connectivity index (χ3v) is 4.75. The molecule has 2 aromatic carbocycles. The third kappa shape index (κ3) is 5.43. The molecule has 140 valence electrons. The number of hydrogen-bond acceptors (Lipinski definition) is 2. The van der Waals surface area contributed by atoms with Crippen LogP contribution in [-0.2, 0) is 6.42 Å². The summed E-state index contributed by atoms with van der Waals surface area (Å²) in [6.45, 7) is 5.20.